The van der Waals surface area contributed by atoms with Gasteiger partial charge in [-0.15, -0.1) is 114 Å². The number of tetrazole rings is 1. The van der Waals surface area contributed by atoms with E-state index in [1.807, 2.05) is 124 Å². The zero-order valence-corrected chi connectivity index (χ0v) is 82.7. The molecule has 0 N–H and O–H groups in total. The van der Waals surface area contributed by atoms with Crippen molar-refractivity contribution in [1.29, 1.82) is 0 Å². The van der Waals surface area contributed by atoms with Crippen LogP contribution in [0.2, 0.25) is 0 Å². The molecule has 129 heavy (non-hydrogen) atoms. The monoisotopic (exact) mass is 2520 g/mol. The van der Waals surface area contributed by atoms with Gasteiger partial charge in [-0.25, -0.2) is 27.5 Å². The number of imidazole rings is 1. The molecular weight excluding hydrogens is 2420 g/mol. The maximum Gasteiger partial charge on any atom is 3.00 e. The van der Waals surface area contributed by atoms with E-state index in [9.17, 15) is 61.5 Å². The smallest absolute Gasteiger partial charge is 0.658 e. The molecule has 698 valence electrons. The quantitative estimate of drug-likeness (QED) is 0.0309. The fourth-order valence-electron chi connectivity index (χ4n) is 9.80. The first-order valence-electron chi connectivity index (χ1n) is 38.6. The maximum absolute atomic E-state index is 13.8. The number of aryl methyl sites for hydroxylation is 2. The minimum Gasteiger partial charge on any atom is -0.658 e. The second-order valence-electron chi connectivity index (χ2n) is 28.7. The van der Waals surface area contributed by atoms with E-state index < -0.39 is 89.1 Å². The maximum atomic E-state index is 13.8. The number of hydrogen-bond donors (Lipinski definition) is 0. The summed E-state index contributed by atoms with van der Waals surface area (Å²) in [6.45, 7) is 42.5. The van der Waals surface area contributed by atoms with Crippen molar-refractivity contribution >= 4 is 5.69 Å². The van der Waals surface area contributed by atoms with Crippen molar-refractivity contribution in [2.24, 2.45) is 0 Å². The largest absolute Gasteiger partial charge is 3.00 e. The number of alkyl halides is 6. The molecule has 44 heteroatoms. The van der Waals surface area contributed by atoms with Gasteiger partial charge in [-0.05, 0) is 77.4 Å². The Bertz CT molecular complexity index is 4990. The molecule has 0 aliphatic rings. The molecule has 10 heterocycles. The van der Waals surface area contributed by atoms with Crippen molar-refractivity contribution in [2.45, 2.75) is 217 Å². The second-order valence-corrected chi connectivity index (χ2v) is 28.7. The Labute approximate surface area is 795 Å². The van der Waals surface area contributed by atoms with Crippen molar-refractivity contribution < 1.29 is 142 Å². The van der Waals surface area contributed by atoms with Gasteiger partial charge < -0.3 is 71.7 Å². The molecule has 0 spiro atoms. The van der Waals surface area contributed by atoms with E-state index in [2.05, 4.69) is 137 Å². The third kappa shape index (κ3) is 41.4. The van der Waals surface area contributed by atoms with E-state index in [-0.39, 0.29) is 169 Å². The number of benzene rings is 2. The van der Waals surface area contributed by atoms with Gasteiger partial charge in [0.25, 0.3) is 0 Å². The van der Waals surface area contributed by atoms with E-state index in [0.29, 0.717) is 28.5 Å². The molecular formula is C85H94F14Ir4N26. The summed E-state index contributed by atoms with van der Waals surface area (Å²) in [5.74, 6) is -6.59. The van der Waals surface area contributed by atoms with Gasteiger partial charge in [0.2, 0.25) is 0 Å². The Morgan fingerprint density at radius 3 is 1.19 bits per heavy atom. The molecule has 12 aromatic rings. The van der Waals surface area contributed by atoms with Gasteiger partial charge in [-0.1, -0.05) is 200 Å². The Kier molecular flexibility index (Phi) is 53.4. The Morgan fingerprint density at radius 1 is 0.419 bits per heavy atom. The summed E-state index contributed by atoms with van der Waals surface area (Å²) in [5.41, 5.74) is 0.843. The first kappa shape index (κ1) is 118. The van der Waals surface area contributed by atoms with Crippen molar-refractivity contribution in [3.05, 3.63) is 307 Å². The second kappa shape index (κ2) is 58.5. The Hall–Kier alpha value is -9.24. The zero-order valence-electron chi connectivity index (χ0n) is 73.1. The summed E-state index contributed by atoms with van der Waals surface area (Å²) in [5, 5.41) is 53.5. The van der Waals surface area contributed by atoms with Gasteiger partial charge in [-0.3, -0.25) is 41.7 Å². The van der Waals surface area contributed by atoms with Crippen LogP contribution < -0.4 is 0 Å². The summed E-state index contributed by atoms with van der Waals surface area (Å²) in [6, 6.07) is 34.3. The average molecular weight is 2510 g/mol. The summed E-state index contributed by atoms with van der Waals surface area (Å²) in [4.78, 5) is 31.9. The summed E-state index contributed by atoms with van der Waals surface area (Å²) in [7, 11) is 0. The third-order valence-corrected chi connectivity index (χ3v) is 15.1. The predicted molar refractivity (Wildman–Crippen MR) is 446 cm³/mol. The third-order valence-electron chi connectivity index (χ3n) is 15.1. The van der Waals surface area contributed by atoms with Gasteiger partial charge in [0.1, 0.15) is 42.8 Å². The Balaban J connectivity index is 0.000000735. The van der Waals surface area contributed by atoms with Crippen LogP contribution in [0.15, 0.2) is 153 Å². The minimum atomic E-state index is -4.45. The zero-order chi connectivity index (χ0) is 93.0. The number of pyridine rings is 6. The Morgan fingerprint density at radius 2 is 0.822 bits per heavy atom. The van der Waals surface area contributed by atoms with E-state index in [4.69, 9.17) is 6.57 Å². The van der Waals surface area contributed by atoms with Gasteiger partial charge in [0.05, 0.1) is 12.9 Å². The topological polar surface area (TPSA) is 304 Å². The first-order valence-corrected chi connectivity index (χ1v) is 38.6. The SMILES string of the molecule is CC(C)[N-]C([N-]C(C)C)n1cnc(C(F)(F)F)c1.CC(C)[N-]C([N-]C(C)C)n1cncn1.CC(C)[N-]C([N-]C(C)C)n1cnnn1.Cc1cc(C(F)(F)F)nn1C([N-]C(C)C)[N-]C(C)C.Cc1ccnc(-c2[c-]cc(F)c(C)c2F)c1.Fc1c[c-]c(-c2ccccn2)c(F)n1.Fc1c[c-]c(-c2ccccn2)c(F)n1.[C-]#[N+]c1c(F)c[c-]c(-c2ccccn2)c1F.[Ir+3].[Ir+3].[Ir+3].[Ir+3]. The van der Waals surface area contributed by atoms with Gasteiger partial charge >= 0.3 is 92.8 Å². The fraction of sp³-hybridized carbons (Fsp3) is 0.388. The van der Waals surface area contributed by atoms with Crippen molar-refractivity contribution in [2.75, 3.05) is 0 Å². The molecule has 0 saturated heterocycles. The molecule has 26 nitrogen and oxygen atoms in total. The van der Waals surface area contributed by atoms with Crippen LogP contribution in [0.4, 0.5) is 67.2 Å². The van der Waals surface area contributed by atoms with Crippen LogP contribution in [-0.4, -0.2) is 133 Å². The van der Waals surface area contributed by atoms with Crippen molar-refractivity contribution in [1.82, 2.24) is 84.2 Å². The van der Waals surface area contributed by atoms with E-state index >= 15 is 0 Å². The van der Waals surface area contributed by atoms with Crippen LogP contribution in [0, 0.1) is 98.7 Å². The molecule has 0 bridgehead atoms. The van der Waals surface area contributed by atoms with Gasteiger partial charge in [-0.2, -0.15) is 42.8 Å². The van der Waals surface area contributed by atoms with Crippen LogP contribution in [0.1, 0.15) is 164 Å². The molecule has 12 rings (SSSR count). The fourth-order valence-corrected chi connectivity index (χ4v) is 9.80. The van der Waals surface area contributed by atoms with E-state index in [1.54, 1.807) is 89.5 Å². The van der Waals surface area contributed by atoms with E-state index in [1.165, 1.54) is 47.4 Å². The minimum absolute atomic E-state index is 0. The summed E-state index contributed by atoms with van der Waals surface area (Å²) in [6.07, 6.45) is 2.05. The standard InChI is InChI=1S/C13H10F2N.C12H19F3N4.C12H5F2N2.C11H17F3N4.2C10H5F2N2.C9H17N5.C8H16N6.4Ir/c1-8-5-6-16-12(7-8)10-3-4-11(14)9(2)13(10)15;1-7(2)16-11(17-8(3)4)19-9(5)6-10(18-19)12(13,14)15;1-15-12-9(13)6-5-8(11(12)14)10-4-2-3-7-16-10;1-7(2)16-10(17-8(3)4)18-5-9(15-6-18)11(12,13)14;2*11-9-5-4-7(10(12)14-9)8-3-1-2-6-13-8;1-7(2)12-9(13-8(3)4)14-6-10-5-11-14;1-6(2)10-8(11-7(3)4)14-5-9-12-13-14;;;;/h4-7H,1-2H3;6-8,11H,1-5H3;2-4,6-7H;5-8,10H,1-4H3;2*1-3,5-6H;5-9H,1-4H3;5-8H,1-4H3;;;;/q-1;-2;-1;-2;2*-1;2*-2;4*+3. The molecule has 2 aromatic carbocycles. The molecule has 0 unspecified atom stereocenters. The van der Waals surface area contributed by atoms with Crippen LogP contribution in [0.3, 0.4) is 0 Å². The van der Waals surface area contributed by atoms with Crippen molar-refractivity contribution in [3.63, 3.8) is 0 Å². The number of aromatic nitrogens is 17. The molecule has 0 amide bonds. The van der Waals surface area contributed by atoms with Crippen LogP contribution in [0.25, 0.3) is 92.4 Å². The van der Waals surface area contributed by atoms with Gasteiger partial charge in [0.15, 0.2) is 17.1 Å². The van der Waals surface area contributed by atoms with Crippen molar-refractivity contribution in [3.8, 4) is 45.0 Å². The molecule has 0 aliphatic carbocycles. The van der Waals surface area contributed by atoms with Crippen LogP contribution >= 0.6 is 0 Å². The summed E-state index contributed by atoms with van der Waals surface area (Å²) < 4.78 is 186. The van der Waals surface area contributed by atoms with Crippen LogP contribution in [-0.2, 0) is 92.8 Å². The van der Waals surface area contributed by atoms with Crippen LogP contribution in [0.5, 0.6) is 0 Å². The molecule has 0 fully saturated rings. The first-order chi connectivity index (χ1) is 58.9. The number of hydrogen-bond acceptors (Lipinski definition) is 13. The molecule has 0 saturated carbocycles. The summed E-state index contributed by atoms with van der Waals surface area (Å²) >= 11 is 0. The van der Waals surface area contributed by atoms with Gasteiger partial charge in [0, 0.05) is 59.9 Å². The molecule has 10 aromatic heterocycles. The van der Waals surface area contributed by atoms with E-state index in [0.717, 1.165) is 48.4 Å². The number of nitrogens with zero attached hydrogens (tertiary/aromatic N) is 26. The predicted octanol–water partition coefficient (Wildman–Crippen LogP) is 23.4. The molecule has 0 atom stereocenters. The number of rotatable bonds is 24. The molecule has 0 aliphatic heterocycles. The average Bonchev–Trinajstić information content (AvgIpc) is 1.75. The molecule has 0 radical (unpaired) electrons. The normalized spacial score (nSPS) is 11.0. The number of halogens is 14.